The van der Waals surface area contributed by atoms with E-state index in [1.807, 2.05) is 13.8 Å². The van der Waals surface area contributed by atoms with E-state index in [4.69, 9.17) is 15.4 Å². The summed E-state index contributed by atoms with van der Waals surface area (Å²) in [5, 5.41) is 7.31. The molecule has 0 radical (unpaired) electrons. The molecule has 2 aromatic rings. The Bertz CT molecular complexity index is 727. The van der Waals surface area contributed by atoms with Crippen LogP contribution in [0.3, 0.4) is 0 Å². The maximum Gasteiger partial charge on any atom is 0.296 e. The monoisotopic (exact) mass is 316 g/mol. The van der Waals surface area contributed by atoms with Crippen molar-refractivity contribution in [1.82, 2.24) is 19.7 Å². The molecule has 9 heteroatoms. The molecule has 2 heterocycles. The van der Waals surface area contributed by atoms with Crippen molar-refractivity contribution in [2.75, 3.05) is 7.11 Å². The van der Waals surface area contributed by atoms with Gasteiger partial charge in [0.05, 0.1) is 18.9 Å². The van der Waals surface area contributed by atoms with Crippen molar-refractivity contribution < 1.29 is 13.2 Å². The fourth-order valence-electron chi connectivity index (χ4n) is 1.82. The molecule has 0 aromatic carbocycles. The minimum absolute atomic E-state index is 0.193. The summed E-state index contributed by atoms with van der Waals surface area (Å²) in [7, 11) is 2.90. The van der Waals surface area contributed by atoms with E-state index in [9.17, 15) is 8.42 Å². The van der Waals surface area contributed by atoms with Gasteiger partial charge in [0, 0.05) is 22.9 Å². The summed E-state index contributed by atoms with van der Waals surface area (Å²) in [6.07, 6.45) is 3.08. The lowest BCUT2D eigenvalue weighted by Gasteiger charge is -2.13. The van der Waals surface area contributed by atoms with Crippen molar-refractivity contribution >= 4 is 19.7 Å². The number of hydrogen-bond acceptors (Lipinski definition) is 6. The zero-order valence-corrected chi connectivity index (χ0v) is 12.7. The third kappa shape index (κ3) is 2.61. The van der Waals surface area contributed by atoms with E-state index in [1.54, 1.807) is 12.3 Å². The lowest BCUT2D eigenvalue weighted by Crippen LogP contribution is -2.10. The van der Waals surface area contributed by atoms with Crippen molar-refractivity contribution in [2.24, 2.45) is 0 Å². The van der Waals surface area contributed by atoms with E-state index in [-0.39, 0.29) is 11.2 Å². The van der Waals surface area contributed by atoms with E-state index in [1.165, 1.54) is 17.9 Å². The SMILES string of the molecule is COc1cnccc1-c1nnc(S(=O)(=O)Cl)n1C(C)C. The number of nitrogens with zero attached hydrogens (tertiary/aromatic N) is 4. The van der Waals surface area contributed by atoms with E-state index in [0.717, 1.165) is 0 Å². The second kappa shape index (κ2) is 5.37. The predicted octanol–water partition coefficient (Wildman–Crippen LogP) is 1.86. The molecule has 0 aliphatic carbocycles. The van der Waals surface area contributed by atoms with E-state index < -0.39 is 9.05 Å². The Hall–Kier alpha value is -1.67. The zero-order chi connectivity index (χ0) is 14.9. The van der Waals surface area contributed by atoms with Crippen molar-refractivity contribution in [1.29, 1.82) is 0 Å². The summed E-state index contributed by atoms with van der Waals surface area (Å²) in [4.78, 5) is 3.94. The Balaban J connectivity index is 2.73. The Kier molecular flexibility index (Phi) is 3.96. The molecule has 0 fully saturated rings. The molecule has 0 saturated heterocycles. The Morgan fingerprint density at radius 3 is 2.60 bits per heavy atom. The van der Waals surface area contributed by atoms with Gasteiger partial charge in [0.25, 0.3) is 14.2 Å². The molecule has 2 rings (SSSR count). The van der Waals surface area contributed by atoms with Crippen LogP contribution in [0, 0.1) is 0 Å². The molecule has 0 aliphatic rings. The number of rotatable bonds is 4. The summed E-state index contributed by atoms with van der Waals surface area (Å²) in [5.41, 5.74) is 0.593. The summed E-state index contributed by atoms with van der Waals surface area (Å²) in [5.74, 6) is 0.832. The minimum atomic E-state index is -3.98. The van der Waals surface area contributed by atoms with Crippen molar-refractivity contribution in [3.63, 3.8) is 0 Å². The van der Waals surface area contributed by atoms with Gasteiger partial charge in [0.2, 0.25) is 0 Å². The first-order chi connectivity index (χ1) is 9.36. The Morgan fingerprint density at radius 2 is 2.05 bits per heavy atom. The summed E-state index contributed by atoms with van der Waals surface area (Å²) in [6, 6.07) is 1.48. The van der Waals surface area contributed by atoms with E-state index in [2.05, 4.69) is 15.2 Å². The molecule has 0 N–H and O–H groups in total. The van der Waals surface area contributed by atoms with Gasteiger partial charge in [-0.15, -0.1) is 10.2 Å². The summed E-state index contributed by atoms with van der Waals surface area (Å²) in [6.45, 7) is 3.62. The summed E-state index contributed by atoms with van der Waals surface area (Å²) >= 11 is 0. The van der Waals surface area contributed by atoms with Crippen LogP contribution in [0.2, 0.25) is 0 Å². The molecular weight excluding hydrogens is 304 g/mol. The number of ether oxygens (including phenoxy) is 1. The number of pyridine rings is 1. The lowest BCUT2D eigenvalue weighted by atomic mass is 10.2. The molecular formula is C11H13ClN4O3S. The van der Waals surface area contributed by atoms with Gasteiger partial charge >= 0.3 is 0 Å². The highest BCUT2D eigenvalue weighted by atomic mass is 35.7. The first-order valence-corrected chi connectivity index (χ1v) is 8.05. The average Bonchev–Trinajstić information content (AvgIpc) is 2.83. The van der Waals surface area contributed by atoms with Crippen LogP contribution in [0.4, 0.5) is 0 Å². The largest absolute Gasteiger partial charge is 0.494 e. The molecule has 0 atom stereocenters. The van der Waals surface area contributed by atoms with Crippen LogP contribution in [-0.4, -0.2) is 35.3 Å². The highest BCUT2D eigenvalue weighted by molar-refractivity contribution is 8.13. The third-order valence-corrected chi connectivity index (χ3v) is 3.77. The zero-order valence-electron chi connectivity index (χ0n) is 11.1. The maximum atomic E-state index is 11.6. The Labute approximate surface area is 121 Å². The van der Waals surface area contributed by atoms with Crippen LogP contribution < -0.4 is 4.74 Å². The average molecular weight is 317 g/mol. The second-order valence-electron chi connectivity index (χ2n) is 4.28. The highest BCUT2D eigenvalue weighted by Gasteiger charge is 2.26. The fraction of sp³-hybridized carbons (Fsp3) is 0.364. The van der Waals surface area contributed by atoms with Gasteiger partial charge in [-0.1, -0.05) is 0 Å². The number of hydrogen-bond donors (Lipinski definition) is 0. The molecule has 0 saturated carbocycles. The standard InChI is InChI=1S/C11H13ClN4O3S/c1-7(2)16-10(14-15-11(16)20(12,17)18)8-4-5-13-6-9(8)19-3/h4-7H,1-3H3. The predicted molar refractivity (Wildman–Crippen MR) is 73.2 cm³/mol. The van der Waals surface area contributed by atoms with Crippen molar-refractivity contribution in [3.8, 4) is 17.1 Å². The van der Waals surface area contributed by atoms with Crippen LogP contribution in [-0.2, 0) is 9.05 Å². The molecule has 0 aliphatic heterocycles. The lowest BCUT2D eigenvalue weighted by molar-refractivity contribution is 0.413. The normalized spacial score (nSPS) is 11.8. The fourth-order valence-corrected chi connectivity index (χ4v) is 2.81. The van der Waals surface area contributed by atoms with Gasteiger partial charge in [0.1, 0.15) is 5.75 Å². The van der Waals surface area contributed by atoms with Crippen molar-refractivity contribution in [2.45, 2.75) is 25.0 Å². The quantitative estimate of drug-likeness (QED) is 0.800. The summed E-state index contributed by atoms with van der Waals surface area (Å²) < 4.78 is 29.8. The highest BCUT2D eigenvalue weighted by Crippen LogP contribution is 2.31. The van der Waals surface area contributed by atoms with Crippen molar-refractivity contribution in [3.05, 3.63) is 18.5 Å². The molecule has 2 aromatic heterocycles. The van der Waals surface area contributed by atoms with Crippen LogP contribution in [0.1, 0.15) is 19.9 Å². The van der Waals surface area contributed by atoms with Crippen LogP contribution >= 0.6 is 10.7 Å². The Morgan fingerprint density at radius 1 is 1.35 bits per heavy atom. The van der Waals surface area contributed by atoms with Gasteiger partial charge < -0.3 is 4.74 Å². The van der Waals surface area contributed by atoms with Gasteiger partial charge in [-0.25, -0.2) is 8.42 Å². The third-order valence-electron chi connectivity index (χ3n) is 2.64. The number of methoxy groups -OCH3 is 1. The van der Waals surface area contributed by atoms with Gasteiger partial charge in [-0.2, -0.15) is 0 Å². The molecule has 20 heavy (non-hydrogen) atoms. The molecule has 0 unspecified atom stereocenters. The van der Waals surface area contributed by atoms with Gasteiger partial charge in [0.15, 0.2) is 5.82 Å². The van der Waals surface area contributed by atoms with E-state index in [0.29, 0.717) is 17.1 Å². The molecule has 108 valence electrons. The molecule has 7 nitrogen and oxygen atoms in total. The first-order valence-electron chi connectivity index (χ1n) is 5.74. The molecule has 0 spiro atoms. The van der Waals surface area contributed by atoms with Crippen LogP contribution in [0.5, 0.6) is 5.75 Å². The first kappa shape index (κ1) is 14.7. The topological polar surface area (TPSA) is 87.0 Å². The van der Waals surface area contributed by atoms with E-state index >= 15 is 0 Å². The maximum absolute atomic E-state index is 11.6. The minimum Gasteiger partial charge on any atom is -0.494 e. The smallest absolute Gasteiger partial charge is 0.296 e. The van der Waals surface area contributed by atoms with Crippen LogP contribution in [0.15, 0.2) is 23.6 Å². The number of halogens is 1. The van der Waals surface area contributed by atoms with Gasteiger partial charge in [-0.05, 0) is 19.9 Å². The molecule has 0 amide bonds. The molecule has 0 bridgehead atoms. The van der Waals surface area contributed by atoms with Gasteiger partial charge in [-0.3, -0.25) is 9.55 Å². The number of aromatic nitrogens is 4. The second-order valence-corrected chi connectivity index (χ2v) is 6.74. The van der Waals surface area contributed by atoms with Crippen LogP contribution in [0.25, 0.3) is 11.4 Å².